The highest BCUT2D eigenvalue weighted by molar-refractivity contribution is 5.71. The van der Waals surface area contributed by atoms with E-state index in [-0.39, 0.29) is 31.1 Å². The van der Waals surface area contributed by atoms with Crippen LogP contribution in [0.15, 0.2) is 48.6 Å². The summed E-state index contributed by atoms with van der Waals surface area (Å²) in [4.78, 5) is 37.9. The first-order valence-corrected chi connectivity index (χ1v) is 26.1. The average molecular weight is 855 g/mol. The molecule has 354 valence electrons. The SMILES string of the molecule is CCCCC/C=C\C/C=C\C/C=C\C/C=C\CCCCCC(=O)OC[C@H](COC(=O)CCCCCCCCCCCCC)OC(=O)CCCCCCCCCCCCCCC. The number of unbranched alkanes of at least 4 members (excludes halogenated alkanes) is 28. The van der Waals surface area contributed by atoms with E-state index in [0.29, 0.717) is 19.3 Å². The molecule has 0 saturated carbocycles. The predicted molar refractivity (Wildman–Crippen MR) is 261 cm³/mol. The van der Waals surface area contributed by atoms with Crippen molar-refractivity contribution >= 4 is 17.9 Å². The van der Waals surface area contributed by atoms with Crippen molar-refractivity contribution in [1.82, 2.24) is 0 Å². The highest BCUT2D eigenvalue weighted by Crippen LogP contribution is 2.15. The van der Waals surface area contributed by atoms with E-state index >= 15 is 0 Å². The normalized spacial score (nSPS) is 12.4. The molecule has 0 aromatic carbocycles. The summed E-state index contributed by atoms with van der Waals surface area (Å²) in [5, 5.41) is 0. The number of hydrogen-bond acceptors (Lipinski definition) is 6. The molecular weight excluding hydrogens is 757 g/mol. The Kier molecular flexibility index (Phi) is 47.9. The molecule has 0 aliphatic carbocycles. The van der Waals surface area contributed by atoms with Gasteiger partial charge in [0.15, 0.2) is 6.10 Å². The minimum atomic E-state index is -0.780. The Morgan fingerprint density at radius 3 is 0.951 bits per heavy atom. The molecule has 0 radical (unpaired) electrons. The number of esters is 3. The second-order valence-electron chi connectivity index (χ2n) is 17.4. The summed E-state index contributed by atoms with van der Waals surface area (Å²) in [6, 6.07) is 0. The van der Waals surface area contributed by atoms with Gasteiger partial charge in [-0.2, -0.15) is 0 Å². The molecule has 1 atom stereocenters. The molecule has 0 amide bonds. The van der Waals surface area contributed by atoms with Crippen LogP contribution in [-0.4, -0.2) is 37.2 Å². The molecule has 61 heavy (non-hydrogen) atoms. The number of allylic oxidation sites excluding steroid dienone is 8. The van der Waals surface area contributed by atoms with Crippen molar-refractivity contribution < 1.29 is 28.6 Å². The van der Waals surface area contributed by atoms with Crippen molar-refractivity contribution in [2.24, 2.45) is 0 Å². The molecule has 0 saturated heterocycles. The number of carbonyl (C=O) groups is 3. The summed E-state index contributed by atoms with van der Waals surface area (Å²) in [6.07, 6.45) is 59.5. The first kappa shape index (κ1) is 58.4. The summed E-state index contributed by atoms with van der Waals surface area (Å²) in [6.45, 7) is 6.59. The Balaban J connectivity index is 4.39. The van der Waals surface area contributed by atoms with Crippen LogP contribution in [0.2, 0.25) is 0 Å². The molecule has 0 spiro atoms. The van der Waals surface area contributed by atoms with Gasteiger partial charge in [-0.15, -0.1) is 0 Å². The van der Waals surface area contributed by atoms with E-state index in [9.17, 15) is 14.4 Å². The predicted octanol–water partition coefficient (Wildman–Crippen LogP) is 17.1. The summed E-state index contributed by atoms with van der Waals surface area (Å²) >= 11 is 0. The van der Waals surface area contributed by atoms with Crippen molar-refractivity contribution in [3.05, 3.63) is 48.6 Å². The first-order chi connectivity index (χ1) is 30.0. The maximum Gasteiger partial charge on any atom is 0.306 e. The van der Waals surface area contributed by atoms with Gasteiger partial charge in [0, 0.05) is 19.3 Å². The molecular formula is C55H98O6. The Morgan fingerprint density at radius 1 is 0.328 bits per heavy atom. The molecule has 6 heteroatoms. The van der Waals surface area contributed by atoms with Crippen LogP contribution < -0.4 is 0 Å². The highest BCUT2D eigenvalue weighted by atomic mass is 16.6. The average Bonchev–Trinajstić information content (AvgIpc) is 3.26. The number of rotatable bonds is 47. The van der Waals surface area contributed by atoms with E-state index in [1.54, 1.807) is 0 Å². The van der Waals surface area contributed by atoms with Gasteiger partial charge >= 0.3 is 17.9 Å². The Bertz CT molecular complexity index is 1070. The molecule has 0 bridgehead atoms. The fourth-order valence-corrected chi connectivity index (χ4v) is 7.37. The molecule has 0 fully saturated rings. The van der Waals surface area contributed by atoms with Gasteiger partial charge in [0.2, 0.25) is 0 Å². The quantitative estimate of drug-likeness (QED) is 0.0263. The van der Waals surface area contributed by atoms with Gasteiger partial charge in [-0.05, 0) is 64.2 Å². The fraction of sp³-hybridized carbons (Fsp3) is 0.800. The summed E-state index contributed by atoms with van der Waals surface area (Å²) in [5.74, 6) is -0.904. The van der Waals surface area contributed by atoms with E-state index in [0.717, 1.165) is 83.5 Å². The number of carbonyl (C=O) groups excluding carboxylic acids is 3. The highest BCUT2D eigenvalue weighted by Gasteiger charge is 2.19. The Hall–Kier alpha value is -2.63. The summed E-state index contributed by atoms with van der Waals surface area (Å²) in [7, 11) is 0. The lowest BCUT2D eigenvalue weighted by Gasteiger charge is -2.18. The summed E-state index contributed by atoms with van der Waals surface area (Å²) in [5.41, 5.74) is 0. The van der Waals surface area contributed by atoms with Gasteiger partial charge in [0.1, 0.15) is 13.2 Å². The van der Waals surface area contributed by atoms with Crippen LogP contribution in [0.5, 0.6) is 0 Å². The largest absolute Gasteiger partial charge is 0.462 e. The summed E-state index contributed by atoms with van der Waals surface area (Å²) < 4.78 is 16.8. The van der Waals surface area contributed by atoms with Gasteiger partial charge in [-0.3, -0.25) is 14.4 Å². The molecule has 6 nitrogen and oxygen atoms in total. The van der Waals surface area contributed by atoms with Gasteiger partial charge in [0.25, 0.3) is 0 Å². The van der Waals surface area contributed by atoms with E-state index in [1.165, 1.54) is 141 Å². The maximum absolute atomic E-state index is 12.8. The molecule has 0 aliphatic rings. The Morgan fingerprint density at radius 2 is 0.590 bits per heavy atom. The van der Waals surface area contributed by atoms with Crippen LogP contribution in [0.1, 0.15) is 265 Å². The van der Waals surface area contributed by atoms with E-state index < -0.39 is 6.10 Å². The smallest absolute Gasteiger partial charge is 0.306 e. The molecule has 0 aromatic heterocycles. The van der Waals surface area contributed by atoms with E-state index in [2.05, 4.69) is 69.4 Å². The van der Waals surface area contributed by atoms with Crippen LogP contribution in [0.3, 0.4) is 0 Å². The standard InChI is InChI=1S/C55H98O6/c1-4-7-10-13-16-19-22-24-25-26-27-28-29-31-33-36-39-42-45-48-54(57)60-51-52(50-59-53(56)47-44-41-38-35-32-21-18-15-12-9-6-3)61-55(58)49-46-43-40-37-34-30-23-20-17-14-11-8-5-2/h16,19,24-25,27-28,31,33,52H,4-15,17-18,20-23,26,29-30,32,34-51H2,1-3H3/b19-16-,25-24-,28-27-,33-31-/t52-/m0/s1. The zero-order valence-corrected chi connectivity index (χ0v) is 40.4. The second-order valence-corrected chi connectivity index (χ2v) is 17.4. The zero-order chi connectivity index (χ0) is 44.4. The molecule has 0 heterocycles. The molecule has 0 unspecified atom stereocenters. The Labute approximate surface area is 378 Å². The van der Waals surface area contributed by atoms with Gasteiger partial charge < -0.3 is 14.2 Å². The minimum absolute atomic E-state index is 0.0798. The van der Waals surface area contributed by atoms with Crippen molar-refractivity contribution in [1.29, 1.82) is 0 Å². The second kappa shape index (κ2) is 50.0. The zero-order valence-electron chi connectivity index (χ0n) is 40.4. The lowest BCUT2D eigenvalue weighted by molar-refractivity contribution is -0.167. The van der Waals surface area contributed by atoms with Gasteiger partial charge in [0.05, 0.1) is 0 Å². The topological polar surface area (TPSA) is 78.9 Å². The molecule has 0 N–H and O–H groups in total. The van der Waals surface area contributed by atoms with Gasteiger partial charge in [-0.1, -0.05) is 230 Å². The van der Waals surface area contributed by atoms with Crippen LogP contribution >= 0.6 is 0 Å². The van der Waals surface area contributed by atoms with Crippen molar-refractivity contribution in [2.75, 3.05) is 13.2 Å². The molecule has 0 aromatic rings. The lowest BCUT2D eigenvalue weighted by atomic mass is 10.0. The third-order valence-electron chi connectivity index (χ3n) is 11.3. The minimum Gasteiger partial charge on any atom is -0.462 e. The van der Waals surface area contributed by atoms with Crippen LogP contribution in [0.4, 0.5) is 0 Å². The third-order valence-corrected chi connectivity index (χ3v) is 11.3. The fourth-order valence-electron chi connectivity index (χ4n) is 7.37. The van der Waals surface area contributed by atoms with Crippen molar-refractivity contribution in [3.8, 4) is 0 Å². The van der Waals surface area contributed by atoms with Crippen molar-refractivity contribution in [2.45, 2.75) is 271 Å². The molecule has 0 aliphatic heterocycles. The van der Waals surface area contributed by atoms with E-state index in [1.807, 2.05) is 0 Å². The maximum atomic E-state index is 12.8. The third kappa shape index (κ3) is 48.3. The first-order valence-electron chi connectivity index (χ1n) is 26.1. The monoisotopic (exact) mass is 855 g/mol. The van der Waals surface area contributed by atoms with E-state index in [4.69, 9.17) is 14.2 Å². The van der Waals surface area contributed by atoms with Crippen LogP contribution in [0, 0.1) is 0 Å². The number of hydrogen-bond donors (Lipinski definition) is 0. The van der Waals surface area contributed by atoms with Crippen LogP contribution in [0.25, 0.3) is 0 Å². The lowest BCUT2D eigenvalue weighted by Crippen LogP contribution is -2.30. The van der Waals surface area contributed by atoms with Crippen molar-refractivity contribution in [3.63, 3.8) is 0 Å². The number of ether oxygens (including phenoxy) is 3. The molecule has 0 rings (SSSR count). The van der Waals surface area contributed by atoms with Crippen LogP contribution in [-0.2, 0) is 28.6 Å². The van der Waals surface area contributed by atoms with Gasteiger partial charge in [-0.25, -0.2) is 0 Å².